The fourth-order valence-electron chi connectivity index (χ4n) is 2.07. The Morgan fingerprint density at radius 1 is 0.905 bits per heavy atom. The third-order valence-electron chi connectivity index (χ3n) is 3.25. The zero-order chi connectivity index (χ0) is 14.8. The molecule has 2 rings (SSSR count). The fraction of sp³-hybridized carbons (Fsp3) is 0.263. The molecule has 0 aliphatic heterocycles. The van der Waals surface area contributed by atoms with Gasteiger partial charge in [-0.25, -0.2) is 0 Å². The van der Waals surface area contributed by atoms with Crippen LogP contribution in [0.2, 0.25) is 0 Å². The highest BCUT2D eigenvalue weighted by Crippen LogP contribution is 2.12. The quantitative estimate of drug-likeness (QED) is 0.563. The fourth-order valence-corrected chi connectivity index (χ4v) is 3.75. The predicted octanol–water partition coefficient (Wildman–Crippen LogP) is 0.538. The Bertz CT molecular complexity index is 569. The summed E-state index contributed by atoms with van der Waals surface area (Å²) in [6.07, 6.45) is 2.83. The number of aliphatic hydroxyl groups is 1. The minimum absolute atomic E-state index is 0.220. The van der Waals surface area contributed by atoms with Crippen molar-refractivity contribution in [3.05, 3.63) is 69.8 Å². The molecule has 0 spiro atoms. The summed E-state index contributed by atoms with van der Waals surface area (Å²) in [6, 6.07) is 21.0. The highest BCUT2D eigenvalue weighted by Gasteiger charge is 2.10. The molecule has 1 atom stereocenters. The molecule has 1 unspecified atom stereocenters. The lowest BCUT2D eigenvalue weighted by Crippen LogP contribution is -3.59. The molecule has 0 bridgehead atoms. The van der Waals surface area contributed by atoms with Gasteiger partial charge in [-0.05, 0) is 42.9 Å². The average Bonchev–Trinajstić information content (AvgIpc) is 2.54. The van der Waals surface area contributed by atoms with Gasteiger partial charge in [0.15, 0.2) is 3.93 Å². The van der Waals surface area contributed by atoms with Crippen molar-refractivity contribution in [1.29, 1.82) is 0 Å². The number of hydrogen-bond donors (Lipinski definition) is 1. The summed E-state index contributed by atoms with van der Waals surface area (Å²) < 4.78 is 4.73. The first-order valence-corrected chi connectivity index (χ1v) is 9.38. The van der Waals surface area contributed by atoms with Crippen LogP contribution in [0.5, 0.6) is 0 Å². The third kappa shape index (κ3) is 6.33. The third-order valence-corrected chi connectivity index (χ3v) is 5.17. The number of rotatable bonds is 6. The second-order valence-corrected chi connectivity index (χ2v) is 7.19. The van der Waals surface area contributed by atoms with Gasteiger partial charge in [0.2, 0.25) is 3.57 Å². The van der Waals surface area contributed by atoms with Crippen molar-refractivity contribution in [2.24, 2.45) is 5.92 Å². The molecule has 0 aliphatic carbocycles. The van der Waals surface area contributed by atoms with E-state index >= 15 is 0 Å². The van der Waals surface area contributed by atoms with E-state index in [1.54, 1.807) is 0 Å². The molecule has 0 saturated heterocycles. The normalized spacial score (nSPS) is 11.5. The summed E-state index contributed by atoms with van der Waals surface area (Å²) in [7, 11) is 0. The molecule has 0 heterocycles. The first kappa shape index (κ1) is 16.1. The Kier molecular flexibility index (Phi) is 7.34. The summed E-state index contributed by atoms with van der Waals surface area (Å²) in [4.78, 5) is 0. The van der Waals surface area contributed by atoms with Crippen molar-refractivity contribution in [3.63, 3.8) is 0 Å². The molecule has 0 radical (unpaired) electrons. The van der Waals surface area contributed by atoms with E-state index in [-0.39, 0.29) is 27.8 Å². The molecule has 0 saturated carbocycles. The van der Waals surface area contributed by atoms with Crippen LogP contribution in [-0.4, -0.2) is 11.7 Å². The maximum Gasteiger partial charge on any atom is 0.419 e. The number of hydrogen-bond acceptors (Lipinski definition) is 1. The van der Waals surface area contributed by atoms with Crippen LogP contribution in [0.15, 0.2) is 60.7 Å². The smallest absolute Gasteiger partial charge is 0.396 e. The molecule has 0 amide bonds. The van der Waals surface area contributed by atoms with Crippen LogP contribution in [0.25, 0.3) is 0 Å². The van der Waals surface area contributed by atoms with Gasteiger partial charge in [-0.1, -0.05) is 48.5 Å². The zero-order valence-corrected chi connectivity index (χ0v) is 14.2. The highest BCUT2D eigenvalue weighted by atomic mass is 127. The van der Waals surface area contributed by atoms with E-state index < -0.39 is 0 Å². The monoisotopic (exact) mass is 391 g/mol. The molecule has 1 nitrogen and oxygen atoms in total. The van der Waals surface area contributed by atoms with Crippen LogP contribution < -0.4 is 21.2 Å². The number of halogens is 1. The van der Waals surface area contributed by atoms with Crippen LogP contribution in [0.4, 0.5) is 0 Å². The zero-order valence-electron chi connectivity index (χ0n) is 12.0. The maximum absolute atomic E-state index is 9.19. The number of aliphatic hydroxyl groups excluding tert-OH is 1. The number of aryl methyl sites for hydroxylation is 1. The molecular formula is C19H20IO+. The first-order valence-electron chi connectivity index (χ1n) is 7.22. The van der Waals surface area contributed by atoms with Crippen LogP contribution in [-0.2, 0) is 6.42 Å². The second kappa shape index (κ2) is 9.59. The Morgan fingerprint density at radius 2 is 1.57 bits per heavy atom. The van der Waals surface area contributed by atoms with Gasteiger partial charge in [0.1, 0.15) is 0 Å². The first-order chi connectivity index (χ1) is 10.4. The minimum atomic E-state index is -0.228. The van der Waals surface area contributed by atoms with Crippen LogP contribution in [0.1, 0.15) is 18.4 Å². The Labute approximate surface area is 137 Å². The molecule has 2 aromatic carbocycles. The van der Waals surface area contributed by atoms with E-state index in [1.165, 1.54) is 9.13 Å². The average molecular weight is 391 g/mol. The molecule has 21 heavy (non-hydrogen) atoms. The van der Waals surface area contributed by atoms with E-state index in [0.717, 1.165) is 19.3 Å². The topological polar surface area (TPSA) is 20.2 Å². The summed E-state index contributed by atoms with van der Waals surface area (Å²) >= 11 is -0.228. The molecule has 2 heteroatoms. The van der Waals surface area contributed by atoms with Gasteiger partial charge in [-0.2, -0.15) is 0 Å². The summed E-state index contributed by atoms with van der Waals surface area (Å²) in [5.41, 5.74) is 1.35. The highest BCUT2D eigenvalue weighted by molar-refractivity contribution is 5.15. The van der Waals surface area contributed by atoms with E-state index in [4.69, 9.17) is 0 Å². The summed E-state index contributed by atoms with van der Waals surface area (Å²) in [6.45, 7) is 0.220. The lowest BCUT2D eigenvalue weighted by atomic mass is 9.98. The standard InChI is InChI=1S/C19H20IO/c21-16-14-18(12-11-17-7-3-1-4-8-17)13-15-20-19-9-5-2-6-10-19/h1-10,18,21H,11-12,14,16H2/q+1. The van der Waals surface area contributed by atoms with Gasteiger partial charge in [0, 0.05) is 12.5 Å². The molecule has 0 aromatic heterocycles. The molecule has 0 fully saturated rings. The Morgan fingerprint density at radius 3 is 2.24 bits per heavy atom. The van der Waals surface area contributed by atoms with Crippen LogP contribution in [0, 0.1) is 19.3 Å². The number of benzene rings is 2. The van der Waals surface area contributed by atoms with E-state index in [2.05, 4.69) is 58.4 Å². The van der Waals surface area contributed by atoms with Gasteiger partial charge >= 0.3 is 21.2 Å². The van der Waals surface area contributed by atoms with Crippen LogP contribution >= 0.6 is 0 Å². The van der Waals surface area contributed by atoms with Crippen molar-refractivity contribution < 1.29 is 26.3 Å². The maximum atomic E-state index is 9.19. The van der Waals surface area contributed by atoms with Crippen molar-refractivity contribution in [3.8, 4) is 9.85 Å². The van der Waals surface area contributed by atoms with Crippen molar-refractivity contribution in [2.45, 2.75) is 19.3 Å². The lowest BCUT2D eigenvalue weighted by molar-refractivity contribution is -0.535. The SMILES string of the molecule is OCCC(C#C[I+]c1ccccc1)CCc1ccccc1. The minimum Gasteiger partial charge on any atom is -0.396 e. The van der Waals surface area contributed by atoms with Crippen molar-refractivity contribution in [1.82, 2.24) is 0 Å². The van der Waals surface area contributed by atoms with Gasteiger partial charge in [0.05, 0.1) is 0 Å². The predicted molar refractivity (Wildman–Crippen MR) is 82.9 cm³/mol. The lowest BCUT2D eigenvalue weighted by Gasteiger charge is -2.07. The second-order valence-electron chi connectivity index (χ2n) is 4.86. The Balaban J connectivity index is 1.87. The van der Waals surface area contributed by atoms with Crippen molar-refractivity contribution >= 4 is 0 Å². The largest absolute Gasteiger partial charge is 0.419 e. The summed E-state index contributed by atoms with van der Waals surface area (Å²) in [5.74, 6) is 3.68. The molecular weight excluding hydrogens is 371 g/mol. The summed E-state index contributed by atoms with van der Waals surface area (Å²) in [5, 5.41) is 9.19. The Hall–Kier alpha value is -1.31. The van der Waals surface area contributed by atoms with Crippen LogP contribution in [0.3, 0.4) is 0 Å². The van der Waals surface area contributed by atoms with Crippen molar-refractivity contribution in [2.75, 3.05) is 6.61 Å². The van der Waals surface area contributed by atoms with E-state index in [1.807, 2.05) is 12.1 Å². The molecule has 2 aromatic rings. The molecule has 0 aliphatic rings. The molecule has 1 N–H and O–H groups in total. The van der Waals surface area contributed by atoms with E-state index in [9.17, 15) is 5.11 Å². The van der Waals surface area contributed by atoms with Gasteiger partial charge in [-0.15, -0.1) is 0 Å². The van der Waals surface area contributed by atoms with Gasteiger partial charge in [0.25, 0.3) is 0 Å². The van der Waals surface area contributed by atoms with Gasteiger partial charge < -0.3 is 5.11 Å². The molecule has 108 valence electrons. The van der Waals surface area contributed by atoms with Gasteiger partial charge in [-0.3, -0.25) is 0 Å². The van der Waals surface area contributed by atoms with E-state index in [0.29, 0.717) is 5.92 Å².